The third-order valence-corrected chi connectivity index (χ3v) is 6.94. The second-order valence-electron chi connectivity index (χ2n) is 7.52. The van der Waals surface area contributed by atoms with Gasteiger partial charge in [-0.2, -0.15) is 5.26 Å². The second kappa shape index (κ2) is 8.73. The Balaban J connectivity index is 2.22. The molecule has 3 rings (SSSR count). The lowest BCUT2D eigenvalue weighted by Crippen LogP contribution is -2.06. The normalized spacial score (nSPS) is 12.2. The van der Waals surface area contributed by atoms with Crippen LogP contribution in [0.2, 0.25) is 0 Å². The van der Waals surface area contributed by atoms with Crippen molar-refractivity contribution >= 4 is 15.9 Å². The van der Waals surface area contributed by atoms with E-state index in [-0.39, 0.29) is 15.7 Å². The number of aryl methyl sites for hydroxylation is 1. The van der Waals surface area contributed by atoms with E-state index >= 15 is 0 Å². The summed E-state index contributed by atoms with van der Waals surface area (Å²) in [5.74, 6) is 0.229. The molecule has 0 aliphatic rings. The minimum Gasteiger partial charge on any atom is -0.317 e. The van der Waals surface area contributed by atoms with Crippen LogP contribution in [0.15, 0.2) is 70.5 Å². The Morgan fingerprint density at radius 2 is 1.73 bits per heavy atom. The molecule has 0 aliphatic heterocycles. The number of aromatic nitrogens is 1. The fourth-order valence-corrected chi connectivity index (χ4v) is 4.78. The maximum Gasteiger partial charge on any atom is 0.216 e. The summed E-state index contributed by atoms with van der Waals surface area (Å²) in [4.78, 5) is -0.136. The van der Waals surface area contributed by atoms with E-state index in [1.54, 1.807) is 18.2 Å². The van der Waals surface area contributed by atoms with Gasteiger partial charge < -0.3 is 4.57 Å². The zero-order valence-electron chi connectivity index (χ0n) is 17.8. The molecular formula is C25H26N2O2S. The summed E-state index contributed by atoms with van der Waals surface area (Å²) in [6, 6.07) is 20.2. The van der Waals surface area contributed by atoms with Gasteiger partial charge in [0, 0.05) is 17.1 Å². The van der Waals surface area contributed by atoms with Crippen molar-refractivity contribution in [3.8, 4) is 11.8 Å². The van der Waals surface area contributed by atoms with Crippen LogP contribution in [-0.2, 0) is 16.3 Å². The predicted octanol–water partition coefficient (Wildman–Crippen LogP) is 5.81. The van der Waals surface area contributed by atoms with E-state index in [2.05, 4.69) is 37.5 Å². The van der Waals surface area contributed by atoms with Gasteiger partial charge in [-0.1, -0.05) is 57.2 Å². The molecule has 1 heterocycles. The number of hydrogen-bond donors (Lipinski definition) is 0. The van der Waals surface area contributed by atoms with E-state index < -0.39 is 9.84 Å². The number of nitriles is 1. The summed E-state index contributed by atoms with van der Waals surface area (Å²) in [5, 5.41) is 9.66. The Morgan fingerprint density at radius 1 is 1.10 bits per heavy atom. The quantitative estimate of drug-likeness (QED) is 0.475. The predicted molar refractivity (Wildman–Crippen MR) is 121 cm³/mol. The van der Waals surface area contributed by atoms with Crippen molar-refractivity contribution in [3.63, 3.8) is 0 Å². The Bertz CT molecular complexity index is 1230. The van der Waals surface area contributed by atoms with E-state index in [4.69, 9.17) is 0 Å². The first-order valence-electron chi connectivity index (χ1n) is 10.0. The van der Waals surface area contributed by atoms with Gasteiger partial charge in [0.15, 0.2) is 0 Å². The van der Waals surface area contributed by atoms with E-state index in [1.165, 1.54) is 23.8 Å². The number of allylic oxidation sites excluding steroid dienone is 1. The lowest BCUT2D eigenvalue weighted by Gasteiger charge is -2.17. The highest BCUT2D eigenvalue weighted by Crippen LogP contribution is 2.31. The van der Waals surface area contributed by atoms with Crippen molar-refractivity contribution in [2.45, 2.75) is 44.9 Å². The SMILES string of the molecule is CCc1ccccc1-n1c(C(C)C)cc(/C=C(\C#N)S(=O)(=O)c2ccccc2)c1C. The molecule has 0 unspecified atom stereocenters. The third kappa shape index (κ3) is 3.96. The number of benzene rings is 2. The van der Waals surface area contributed by atoms with Crippen LogP contribution in [0.25, 0.3) is 11.8 Å². The molecule has 0 bridgehead atoms. The lowest BCUT2D eigenvalue weighted by molar-refractivity contribution is 0.603. The minimum absolute atomic E-state index is 0.121. The van der Waals surface area contributed by atoms with E-state index in [0.29, 0.717) is 0 Å². The molecule has 0 amide bonds. The van der Waals surface area contributed by atoms with Crippen LogP contribution in [-0.4, -0.2) is 13.0 Å². The first-order chi connectivity index (χ1) is 14.3. The maximum atomic E-state index is 13.0. The smallest absolute Gasteiger partial charge is 0.216 e. The summed E-state index contributed by atoms with van der Waals surface area (Å²) < 4.78 is 28.1. The number of para-hydroxylation sites is 1. The van der Waals surface area contributed by atoms with Gasteiger partial charge in [0.2, 0.25) is 9.84 Å². The van der Waals surface area contributed by atoms with Crippen LogP contribution in [0, 0.1) is 18.3 Å². The Labute approximate surface area is 179 Å². The van der Waals surface area contributed by atoms with Gasteiger partial charge in [0.25, 0.3) is 0 Å². The topological polar surface area (TPSA) is 62.9 Å². The molecule has 3 aromatic rings. The molecule has 0 saturated carbocycles. The van der Waals surface area contributed by atoms with Gasteiger partial charge in [-0.05, 0) is 60.7 Å². The zero-order chi connectivity index (χ0) is 21.9. The lowest BCUT2D eigenvalue weighted by atomic mass is 10.1. The van der Waals surface area contributed by atoms with E-state index in [0.717, 1.165) is 29.1 Å². The van der Waals surface area contributed by atoms with Gasteiger partial charge in [-0.15, -0.1) is 0 Å². The molecule has 0 N–H and O–H groups in total. The molecule has 1 aromatic heterocycles. The van der Waals surface area contributed by atoms with Gasteiger partial charge in [-0.3, -0.25) is 0 Å². The third-order valence-electron chi connectivity index (χ3n) is 5.26. The Hall–Kier alpha value is -3.10. The fraction of sp³-hybridized carbons (Fsp3) is 0.240. The second-order valence-corrected chi connectivity index (χ2v) is 9.44. The minimum atomic E-state index is -3.88. The molecule has 154 valence electrons. The molecule has 0 spiro atoms. The highest BCUT2D eigenvalue weighted by Gasteiger charge is 2.23. The standard InChI is InChI=1S/C25H26N2O2S/c1-5-20-11-9-10-14-24(20)27-19(4)21(16-25(27)18(2)3)15-23(17-26)30(28,29)22-12-7-6-8-13-22/h6-16,18H,5H2,1-4H3/b23-15+. The van der Waals surface area contributed by atoms with Crippen molar-refractivity contribution in [2.75, 3.05) is 0 Å². The summed E-state index contributed by atoms with van der Waals surface area (Å²) in [5.41, 5.74) is 5.03. The van der Waals surface area contributed by atoms with Crippen LogP contribution in [0.4, 0.5) is 0 Å². The van der Waals surface area contributed by atoms with Crippen molar-refractivity contribution in [1.82, 2.24) is 4.57 Å². The summed E-state index contributed by atoms with van der Waals surface area (Å²) in [7, 11) is -3.88. The summed E-state index contributed by atoms with van der Waals surface area (Å²) in [6.07, 6.45) is 2.39. The monoisotopic (exact) mass is 418 g/mol. The van der Waals surface area contributed by atoms with Gasteiger partial charge in [-0.25, -0.2) is 8.42 Å². The Morgan fingerprint density at radius 3 is 2.33 bits per heavy atom. The van der Waals surface area contributed by atoms with E-state index in [1.807, 2.05) is 31.2 Å². The fourth-order valence-electron chi connectivity index (χ4n) is 3.61. The molecule has 4 nitrogen and oxygen atoms in total. The van der Waals surface area contributed by atoms with Gasteiger partial charge in [0.05, 0.1) is 4.90 Å². The molecule has 30 heavy (non-hydrogen) atoms. The Kier molecular flexibility index (Phi) is 6.28. The van der Waals surface area contributed by atoms with Crippen molar-refractivity contribution in [3.05, 3.63) is 88.1 Å². The van der Waals surface area contributed by atoms with Crippen molar-refractivity contribution in [2.24, 2.45) is 0 Å². The summed E-state index contributed by atoms with van der Waals surface area (Å²) >= 11 is 0. The zero-order valence-corrected chi connectivity index (χ0v) is 18.6. The average molecular weight is 419 g/mol. The molecule has 5 heteroatoms. The molecule has 0 atom stereocenters. The molecule has 0 fully saturated rings. The molecular weight excluding hydrogens is 392 g/mol. The van der Waals surface area contributed by atoms with E-state index in [9.17, 15) is 13.7 Å². The van der Waals surface area contributed by atoms with Crippen LogP contribution in [0.1, 0.15) is 49.2 Å². The van der Waals surface area contributed by atoms with Crippen LogP contribution >= 0.6 is 0 Å². The van der Waals surface area contributed by atoms with Crippen LogP contribution in [0.5, 0.6) is 0 Å². The van der Waals surface area contributed by atoms with Crippen molar-refractivity contribution in [1.29, 1.82) is 5.26 Å². The van der Waals surface area contributed by atoms with Crippen LogP contribution in [0.3, 0.4) is 0 Å². The number of sulfone groups is 1. The highest BCUT2D eigenvalue weighted by molar-refractivity contribution is 7.95. The first kappa shape index (κ1) is 21.6. The van der Waals surface area contributed by atoms with Crippen molar-refractivity contribution < 1.29 is 8.42 Å². The van der Waals surface area contributed by atoms with Crippen LogP contribution < -0.4 is 0 Å². The molecule has 0 radical (unpaired) electrons. The number of hydrogen-bond acceptors (Lipinski definition) is 3. The largest absolute Gasteiger partial charge is 0.317 e. The summed E-state index contributed by atoms with van der Waals surface area (Å²) in [6.45, 7) is 8.31. The number of rotatable bonds is 6. The van der Waals surface area contributed by atoms with Gasteiger partial charge in [0.1, 0.15) is 11.0 Å². The average Bonchev–Trinajstić information content (AvgIpc) is 3.08. The maximum absolute atomic E-state index is 13.0. The van der Waals surface area contributed by atoms with Gasteiger partial charge >= 0.3 is 0 Å². The highest BCUT2D eigenvalue weighted by atomic mass is 32.2. The number of nitrogens with zero attached hydrogens (tertiary/aromatic N) is 2. The molecule has 2 aromatic carbocycles. The molecule has 0 aliphatic carbocycles. The molecule has 0 saturated heterocycles. The first-order valence-corrected chi connectivity index (χ1v) is 11.5.